The van der Waals surface area contributed by atoms with Crippen LogP contribution in [0.4, 0.5) is 4.39 Å². The molecule has 2 aromatic carbocycles. The molecule has 6 rings (SSSR count). The van der Waals surface area contributed by atoms with Crippen molar-refractivity contribution >= 4 is 34.6 Å². The Labute approximate surface area is 241 Å². The molecule has 9 heteroatoms. The molecule has 2 unspecified atom stereocenters. The Morgan fingerprint density at radius 1 is 1.24 bits per heavy atom. The van der Waals surface area contributed by atoms with Crippen LogP contribution in [0.15, 0.2) is 71.2 Å². The summed E-state index contributed by atoms with van der Waals surface area (Å²) in [7, 11) is 1.47. The van der Waals surface area contributed by atoms with Crippen molar-refractivity contribution in [3.63, 3.8) is 0 Å². The number of methoxy groups -OCH3 is 1. The zero-order valence-corrected chi connectivity index (χ0v) is 23.2. The molecule has 2 aliphatic rings. The monoisotopic (exact) mass is 568 g/mol. The molecule has 0 N–H and O–H groups in total. The molecule has 2 aromatic heterocycles. The summed E-state index contributed by atoms with van der Waals surface area (Å²) in [5.74, 6) is 0.413. The van der Waals surface area contributed by atoms with Crippen molar-refractivity contribution in [2.24, 2.45) is 5.92 Å². The number of ether oxygens (including phenoxy) is 1. The summed E-state index contributed by atoms with van der Waals surface area (Å²) in [6.45, 7) is 3.12. The molecule has 4 aromatic rings. The average Bonchev–Trinajstić information content (AvgIpc) is 3.39. The van der Waals surface area contributed by atoms with Gasteiger partial charge in [-0.25, -0.2) is 14.4 Å². The van der Waals surface area contributed by atoms with E-state index in [-0.39, 0.29) is 11.8 Å². The second kappa shape index (κ2) is 10.6. The third-order valence-electron chi connectivity index (χ3n) is 8.01. The van der Waals surface area contributed by atoms with Gasteiger partial charge >= 0.3 is 0 Å². The van der Waals surface area contributed by atoms with Gasteiger partial charge in [0.1, 0.15) is 17.8 Å². The van der Waals surface area contributed by atoms with Crippen LogP contribution in [0.3, 0.4) is 0 Å². The van der Waals surface area contributed by atoms with E-state index in [1.807, 2.05) is 59.5 Å². The van der Waals surface area contributed by atoms with Crippen LogP contribution in [0.2, 0.25) is 5.02 Å². The summed E-state index contributed by atoms with van der Waals surface area (Å²) in [6.07, 6.45) is 5.91. The summed E-state index contributed by atoms with van der Waals surface area (Å²) in [5.41, 5.74) is 3.94. The average molecular weight is 569 g/mol. The Morgan fingerprint density at radius 2 is 2.05 bits per heavy atom. The van der Waals surface area contributed by atoms with Crippen LogP contribution < -0.4 is 4.74 Å². The van der Waals surface area contributed by atoms with E-state index in [4.69, 9.17) is 30.7 Å². The van der Waals surface area contributed by atoms with Crippen molar-refractivity contribution in [2.45, 2.75) is 25.1 Å². The molecule has 1 aliphatic heterocycles. The summed E-state index contributed by atoms with van der Waals surface area (Å²) in [4.78, 5) is 23.1. The summed E-state index contributed by atoms with van der Waals surface area (Å²) >= 11 is 6.66. The smallest absolute Gasteiger partial charge is 0.224 e. The number of pyridine rings is 1. The second-order valence-corrected chi connectivity index (χ2v) is 10.8. The lowest BCUT2D eigenvalue weighted by Crippen LogP contribution is -2.47. The third kappa shape index (κ3) is 4.51. The van der Waals surface area contributed by atoms with Crippen LogP contribution in [0.25, 0.3) is 16.7 Å². The number of aromatic nitrogens is 2. The minimum Gasteiger partial charge on any atom is -0.480 e. The van der Waals surface area contributed by atoms with E-state index in [2.05, 4.69) is 13.0 Å². The number of likely N-dealkylation sites (tertiary alicyclic amines) is 1. The topological polar surface area (TPSA) is 92.2 Å². The number of carbonyl (C=O) groups excluding carboxylic acids is 1. The van der Waals surface area contributed by atoms with Crippen molar-refractivity contribution in [1.82, 2.24) is 14.9 Å². The van der Waals surface area contributed by atoms with Gasteiger partial charge in [0, 0.05) is 24.0 Å². The molecule has 3 heterocycles. The first-order chi connectivity index (χ1) is 19.9. The van der Waals surface area contributed by atoms with Gasteiger partial charge in [-0.05, 0) is 47.0 Å². The molecule has 0 bridgehead atoms. The number of benzene rings is 2. The number of allylic oxidation sites excluding steroid dienone is 4. The Morgan fingerprint density at radius 3 is 2.76 bits per heavy atom. The van der Waals surface area contributed by atoms with Crippen LogP contribution in [-0.2, 0) is 12.0 Å². The number of nitrogens with zero attached hydrogens (tertiary/aromatic N) is 4. The minimum absolute atomic E-state index is 0.206. The van der Waals surface area contributed by atoms with E-state index in [9.17, 15) is 14.4 Å². The fourth-order valence-corrected chi connectivity index (χ4v) is 6.13. The molecular weight excluding hydrogens is 543 g/mol. The number of rotatable bonds is 7. The Balaban J connectivity index is 1.55. The molecule has 1 aliphatic carbocycles. The van der Waals surface area contributed by atoms with E-state index >= 15 is 0 Å². The minimum atomic E-state index is -0.893. The van der Waals surface area contributed by atoms with E-state index in [0.717, 1.165) is 16.7 Å². The number of nitriles is 1. The first-order valence-electron chi connectivity index (χ1n) is 13.2. The van der Waals surface area contributed by atoms with Gasteiger partial charge in [-0.3, -0.25) is 9.69 Å². The normalized spacial score (nSPS) is 20.9. The number of fused-ring (bicyclic) bond motifs is 1. The van der Waals surface area contributed by atoms with Gasteiger partial charge in [-0.15, -0.1) is 0 Å². The number of halogens is 2. The van der Waals surface area contributed by atoms with E-state index < -0.39 is 11.6 Å². The fraction of sp³-hybridized carbons (Fsp3) is 0.250. The molecule has 0 radical (unpaired) electrons. The van der Waals surface area contributed by atoms with Gasteiger partial charge in [0.05, 0.1) is 35.9 Å². The zero-order valence-electron chi connectivity index (χ0n) is 22.5. The molecule has 2 atom stereocenters. The Kier molecular flexibility index (Phi) is 6.94. The summed E-state index contributed by atoms with van der Waals surface area (Å²) in [5, 5.41) is 10.8. The molecule has 0 saturated carbocycles. The molecule has 1 saturated heterocycles. The van der Waals surface area contributed by atoms with Crippen molar-refractivity contribution < 1.29 is 18.3 Å². The van der Waals surface area contributed by atoms with E-state index in [1.54, 1.807) is 12.1 Å². The second-order valence-electron chi connectivity index (χ2n) is 10.3. The lowest BCUT2D eigenvalue weighted by atomic mass is 9.62. The first kappa shape index (κ1) is 26.9. The van der Waals surface area contributed by atoms with Crippen LogP contribution in [0.1, 0.15) is 45.6 Å². The van der Waals surface area contributed by atoms with E-state index in [1.165, 1.54) is 7.11 Å². The largest absolute Gasteiger partial charge is 0.480 e. The van der Waals surface area contributed by atoms with Gasteiger partial charge in [0.15, 0.2) is 11.9 Å². The van der Waals surface area contributed by atoms with Crippen molar-refractivity contribution in [3.05, 3.63) is 106 Å². The van der Waals surface area contributed by atoms with Gasteiger partial charge in [-0.2, -0.15) is 5.26 Å². The maximum Gasteiger partial charge on any atom is 0.224 e. The number of hydrogen-bond donors (Lipinski definition) is 0. The molecule has 1 fully saturated rings. The molecule has 206 valence electrons. The van der Waals surface area contributed by atoms with Gasteiger partial charge in [-0.1, -0.05) is 55.0 Å². The van der Waals surface area contributed by atoms with E-state index in [0.29, 0.717) is 64.8 Å². The number of aldehydes is 1. The van der Waals surface area contributed by atoms with Gasteiger partial charge in [0.2, 0.25) is 11.8 Å². The SMILES string of the molecule is COc1nc(C2(c3cc(C#N)c4oc(CN5CC(F)C5)nc4c3)C=CC=C(c3ccccc3Cl)C2C)ccc1C=O. The number of oxazole rings is 1. The van der Waals surface area contributed by atoms with Crippen molar-refractivity contribution in [2.75, 3.05) is 20.2 Å². The fourth-order valence-electron chi connectivity index (χ4n) is 5.89. The Hall–Kier alpha value is -4.32. The van der Waals surface area contributed by atoms with Crippen LogP contribution in [0, 0.1) is 17.2 Å². The quantitative estimate of drug-likeness (QED) is 0.242. The number of hydrogen-bond acceptors (Lipinski definition) is 7. The van der Waals surface area contributed by atoms with Gasteiger partial charge < -0.3 is 9.15 Å². The first-order valence-corrected chi connectivity index (χ1v) is 13.6. The van der Waals surface area contributed by atoms with Crippen molar-refractivity contribution in [3.8, 4) is 11.9 Å². The molecule has 41 heavy (non-hydrogen) atoms. The van der Waals surface area contributed by atoms with Crippen LogP contribution in [0.5, 0.6) is 5.88 Å². The summed E-state index contributed by atoms with van der Waals surface area (Å²) < 4.78 is 24.9. The number of carbonyl (C=O) groups is 1. The predicted octanol–water partition coefficient (Wildman–Crippen LogP) is 6.30. The molecule has 7 nitrogen and oxygen atoms in total. The lowest BCUT2D eigenvalue weighted by Gasteiger charge is -2.40. The Bertz CT molecular complexity index is 1770. The summed E-state index contributed by atoms with van der Waals surface area (Å²) in [6, 6.07) is 17.1. The van der Waals surface area contributed by atoms with Crippen molar-refractivity contribution in [1.29, 1.82) is 5.26 Å². The maximum absolute atomic E-state index is 13.4. The van der Waals surface area contributed by atoms with Gasteiger partial charge in [0.25, 0.3) is 0 Å². The molecule has 0 spiro atoms. The molecular formula is C32H26ClFN4O3. The highest BCUT2D eigenvalue weighted by atomic mass is 35.5. The zero-order chi connectivity index (χ0) is 28.7. The lowest BCUT2D eigenvalue weighted by molar-refractivity contribution is 0.0524. The molecule has 0 amide bonds. The van der Waals surface area contributed by atoms with Crippen LogP contribution >= 0.6 is 11.6 Å². The predicted molar refractivity (Wildman–Crippen MR) is 154 cm³/mol. The highest BCUT2D eigenvalue weighted by Gasteiger charge is 2.44. The number of alkyl halides is 1. The standard InChI is InChI=1S/C32H26ClFN4O3/c1-19-24(25-6-3-4-8-26(25)33)7-5-11-32(19,28-10-9-20(18-39)31(37-28)40-2)22-12-21(14-35)30-27(13-22)36-29(41-30)17-38-15-23(34)16-38/h3-13,18-19,23H,15-17H2,1-2H3. The maximum atomic E-state index is 13.4. The highest BCUT2D eigenvalue weighted by molar-refractivity contribution is 6.32. The third-order valence-corrected chi connectivity index (χ3v) is 8.34. The highest BCUT2D eigenvalue weighted by Crippen LogP contribution is 2.50. The van der Waals surface area contributed by atoms with Crippen LogP contribution in [-0.4, -0.2) is 47.5 Å².